The molecule has 0 radical (unpaired) electrons. The number of nitrogens with zero attached hydrogens (tertiary/aromatic N) is 2. The Morgan fingerprint density at radius 3 is 2.59 bits per heavy atom. The van der Waals surface area contributed by atoms with Gasteiger partial charge in [0.2, 0.25) is 0 Å². The van der Waals surface area contributed by atoms with Crippen LogP contribution in [0.4, 0.5) is 4.39 Å². The molecule has 0 spiro atoms. The molecule has 4 heteroatoms. The first-order valence-corrected chi connectivity index (χ1v) is 7.17. The first-order chi connectivity index (χ1) is 10.6. The SMILES string of the molecule is C=C1C(F)=CC(c2ccccc2)=C(c2ccncc2Cl)N1C. The van der Waals surface area contributed by atoms with E-state index in [0.29, 0.717) is 10.7 Å². The molecule has 0 amide bonds. The third kappa shape index (κ3) is 2.44. The Morgan fingerprint density at radius 1 is 1.18 bits per heavy atom. The fourth-order valence-electron chi connectivity index (χ4n) is 2.49. The lowest BCUT2D eigenvalue weighted by atomic mass is 9.95. The van der Waals surface area contributed by atoms with Crippen LogP contribution in [0.2, 0.25) is 5.02 Å². The fraction of sp³-hybridized carbons (Fsp3) is 0.0556. The van der Waals surface area contributed by atoms with E-state index in [0.717, 1.165) is 22.4 Å². The first kappa shape index (κ1) is 14.5. The molecule has 2 heterocycles. The van der Waals surface area contributed by atoms with Crippen molar-refractivity contribution in [3.63, 3.8) is 0 Å². The summed E-state index contributed by atoms with van der Waals surface area (Å²) in [7, 11) is 1.78. The number of halogens is 2. The summed E-state index contributed by atoms with van der Waals surface area (Å²) in [6, 6.07) is 11.5. The number of hydrogen-bond acceptors (Lipinski definition) is 2. The fourth-order valence-corrected chi connectivity index (χ4v) is 2.69. The molecule has 0 N–H and O–H groups in total. The molecule has 0 saturated heterocycles. The minimum absolute atomic E-state index is 0.308. The Hall–Kier alpha value is -2.39. The highest BCUT2D eigenvalue weighted by atomic mass is 35.5. The third-order valence-electron chi connectivity index (χ3n) is 3.65. The molecule has 110 valence electrons. The maximum absolute atomic E-state index is 14.2. The van der Waals surface area contributed by atoms with Gasteiger partial charge in [-0.15, -0.1) is 0 Å². The van der Waals surface area contributed by atoms with Crippen LogP contribution in [-0.4, -0.2) is 16.9 Å². The van der Waals surface area contributed by atoms with E-state index < -0.39 is 0 Å². The minimum Gasteiger partial charge on any atom is -0.342 e. The highest BCUT2D eigenvalue weighted by molar-refractivity contribution is 6.32. The van der Waals surface area contributed by atoms with E-state index in [4.69, 9.17) is 11.6 Å². The van der Waals surface area contributed by atoms with Gasteiger partial charge in [-0.3, -0.25) is 4.98 Å². The van der Waals surface area contributed by atoms with E-state index in [1.54, 1.807) is 24.3 Å². The summed E-state index contributed by atoms with van der Waals surface area (Å²) in [6.07, 6.45) is 4.75. The van der Waals surface area contributed by atoms with Crippen LogP contribution in [-0.2, 0) is 0 Å². The molecule has 22 heavy (non-hydrogen) atoms. The molecule has 3 rings (SSSR count). The van der Waals surface area contributed by atoms with Crippen LogP contribution >= 0.6 is 11.6 Å². The number of hydrogen-bond donors (Lipinski definition) is 0. The summed E-state index contributed by atoms with van der Waals surface area (Å²) in [6.45, 7) is 3.80. The zero-order valence-corrected chi connectivity index (χ0v) is 12.8. The lowest BCUT2D eigenvalue weighted by Crippen LogP contribution is -2.20. The van der Waals surface area contributed by atoms with Gasteiger partial charge in [0.15, 0.2) is 0 Å². The largest absolute Gasteiger partial charge is 0.342 e. The average Bonchev–Trinajstić information content (AvgIpc) is 2.54. The van der Waals surface area contributed by atoms with E-state index in [-0.39, 0.29) is 5.83 Å². The van der Waals surface area contributed by atoms with Gasteiger partial charge in [-0.05, 0) is 17.7 Å². The molecular formula is C18H14ClFN2. The van der Waals surface area contributed by atoms with Crippen molar-refractivity contribution >= 4 is 22.9 Å². The minimum atomic E-state index is -0.352. The predicted molar refractivity (Wildman–Crippen MR) is 88.6 cm³/mol. The van der Waals surface area contributed by atoms with Crippen molar-refractivity contribution in [3.8, 4) is 0 Å². The van der Waals surface area contributed by atoms with Gasteiger partial charge < -0.3 is 4.90 Å². The van der Waals surface area contributed by atoms with Gasteiger partial charge in [-0.1, -0.05) is 48.5 Å². The van der Waals surface area contributed by atoms with Crippen LogP contribution in [0.5, 0.6) is 0 Å². The zero-order chi connectivity index (χ0) is 15.7. The van der Waals surface area contributed by atoms with Gasteiger partial charge in [0.25, 0.3) is 0 Å². The molecule has 0 fully saturated rings. The van der Waals surface area contributed by atoms with Crippen molar-refractivity contribution in [1.82, 2.24) is 9.88 Å². The summed E-state index contributed by atoms with van der Waals surface area (Å²) < 4.78 is 14.2. The molecule has 2 aromatic rings. The van der Waals surface area contributed by atoms with Crippen molar-refractivity contribution in [2.24, 2.45) is 0 Å². The van der Waals surface area contributed by atoms with E-state index in [1.807, 2.05) is 36.4 Å². The monoisotopic (exact) mass is 312 g/mol. The Morgan fingerprint density at radius 2 is 1.91 bits per heavy atom. The van der Waals surface area contributed by atoms with Crippen LogP contribution < -0.4 is 0 Å². The first-order valence-electron chi connectivity index (χ1n) is 6.79. The van der Waals surface area contributed by atoms with Crippen LogP contribution in [0, 0.1) is 0 Å². The van der Waals surface area contributed by atoms with E-state index in [1.165, 1.54) is 6.08 Å². The second kappa shape index (κ2) is 5.78. The lowest BCUT2D eigenvalue weighted by Gasteiger charge is -2.30. The van der Waals surface area contributed by atoms with Crippen LogP contribution in [0.1, 0.15) is 11.1 Å². The van der Waals surface area contributed by atoms with Crippen molar-refractivity contribution in [2.75, 3.05) is 7.05 Å². The molecule has 1 aromatic carbocycles. The smallest absolute Gasteiger partial charge is 0.146 e. The molecule has 1 aliphatic rings. The van der Waals surface area contributed by atoms with Gasteiger partial charge in [0.05, 0.1) is 16.4 Å². The maximum Gasteiger partial charge on any atom is 0.146 e. The summed E-state index contributed by atoms with van der Waals surface area (Å²) in [4.78, 5) is 5.73. The number of pyridine rings is 1. The summed E-state index contributed by atoms with van der Waals surface area (Å²) in [5, 5.41) is 0.515. The third-order valence-corrected chi connectivity index (χ3v) is 3.96. The molecule has 0 aliphatic carbocycles. The second-order valence-corrected chi connectivity index (χ2v) is 5.39. The van der Waals surface area contributed by atoms with E-state index in [2.05, 4.69) is 11.6 Å². The predicted octanol–water partition coefficient (Wildman–Crippen LogP) is 4.92. The molecule has 0 bridgehead atoms. The molecule has 0 unspecified atom stereocenters. The molecule has 2 nitrogen and oxygen atoms in total. The van der Waals surface area contributed by atoms with Gasteiger partial charge in [0, 0.05) is 30.6 Å². The number of benzene rings is 1. The number of allylic oxidation sites excluding steroid dienone is 3. The summed E-state index contributed by atoms with van der Waals surface area (Å²) in [5.74, 6) is -0.352. The molecule has 1 aliphatic heterocycles. The van der Waals surface area contributed by atoms with E-state index >= 15 is 0 Å². The summed E-state index contributed by atoms with van der Waals surface area (Å²) in [5.41, 5.74) is 3.59. The van der Waals surface area contributed by atoms with Crippen molar-refractivity contribution in [3.05, 3.63) is 89.1 Å². The van der Waals surface area contributed by atoms with Crippen molar-refractivity contribution < 1.29 is 4.39 Å². The molecule has 0 saturated carbocycles. The van der Waals surface area contributed by atoms with Crippen LogP contribution in [0.3, 0.4) is 0 Å². The molecule has 1 aromatic heterocycles. The maximum atomic E-state index is 14.2. The standard InChI is InChI=1S/C18H14ClFN2/c1-12-17(20)10-15(13-6-4-3-5-7-13)18(22(12)2)14-8-9-21-11-16(14)19/h3-11H,1H2,2H3. The highest BCUT2D eigenvalue weighted by Crippen LogP contribution is 2.40. The van der Waals surface area contributed by atoms with Gasteiger partial charge in [-0.25, -0.2) is 4.39 Å². The average molecular weight is 313 g/mol. The topological polar surface area (TPSA) is 16.1 Å². The Labute approximate surface area is 133 Å². The van der Waals surface area contributed by atoms with Crippen molar-refractivity contribution in [1.29, 1.82) is 0 Å². The molecular weight excluding hydrogens is 299 g/mol. The van der Waals surface area contributed by atoms with Crippen molar-refractivity contribution in [2.45, 2.75) is 0 Å². The Balaban J connectivity index is 2.31. The van der Waals surface area contributed by atoms with Gasteiger partial charge >= 0.3 is 0 Å². The second-order valence-electron chi connectivity index (χ2n) is 4.98. The van der Waals surface area contributed by atoms with Gasteiger partial charge in [0.1, 0.15) is 5.83 Å². The highest BCUT2D eigenvalue weighted by Gasteiger charge is 2.25. The van der Waals surface area contributed by atoms with Crippen LogP contribution in [0.25, 0.3) is 11.3 Å². The lowest BCUT2D eigenvalue weighted by molar-refractivity contribution is 0.529. The van der Waals surface area contributed by atoms with E-state index in [9.17, 15) is 4.39 Å². The Bertz CT molecular complexity index is 794. The molecule has 0 atom stereocenters. The number of aromatic nitrogens is 1. The normalized spacial score (nSPS) is 15.1. The summed E-state index contributed by atoms with van der Waals surface area (Å²) >= 11 is 6.29. The van der Waals surface area contributed by atoms with Gasteiger partial charge in [-0.2, -0.15) is 0 Å². The zero-order valence-electron chi connectivity index (χ0n) is 12.1. The van der Waals surface area contributed by atoms with Crippen LogP contribution in [0.15, 0.2) is 73.0 Å². The Kier molecular flexibility index (Phi) is 3.82. The number of rotatable bonds is 2. The quantitative estimate of drug-likeness (QED) is 0.782. The number of likely N-dealkylation sites (N-methyl/N-ethyl adjacent to an activating group) is 1.